The van der Waals surface area contributed by atoms with Gasteiger partial charge in [-0.2, -0.15) is 0 Å². The molecule has 0 aliphatic carbocycles. The Hall–Kier alpha value is 0.640. The van der Waals surface area contributed by atoms with Gasteiger partial charge in [0, 0.05) is 24.8 Å². The monoisotopic (exact) mass is 376 g/mol. The van der Waals surface area contributed by atoms with Crippen molar-refractivity contribution in [2.75, 3.05) is 13.2 Å². The van der Waals surface area contributed by atoms with E-state index in [1.54, 1.807) is 13.8 Å². The van der Waals surface area contributed by atoms with Gasteiger partial charge < -0.3 is 44.3 Å². The van der Waals surface area contributed by atoms with E-state index < -0.39 is 42.5 Å². The molecule has 0 aliphatic rings. The number of aliphatic carboxylic acids is 3. The van der Waals surface area contributed by atoms with Crippen LogP contribution < -0.4 is 104 Å². The van der Waals surface area contributed by atoms with E-state index in [1.165, 1.54) is 0 Å². The molecule has 0 aliphatic heterocycles. The van der Waals surface area contributed by atoms with Crippen molar-refractivity contribution in [2.45, 2.75) is 32.3 Å². The van der Waals surface area contributed by atoms with Crippen molar-refractivity contribution in [3.05, 3.63) is 0 Å². The third-order valence-corrected chi connectivity index (χ3v) is 1.78. The summed E-state index contributed by atoms with van der Waals surface area (Å²) in [5, 5.41) is 38.9. The molecule has 10 nitrogen and oxygen atoms in total. The molecule has 0 aromatic rings. The zero-order chi connectivity index (χ0) is 17.1. The van der Waals surface area contributed by atoms with Gasteiger partial charge in [-0.15, -0.1) is 0 Å². The minimum atomic E-state index is -2.97. The van der Waals surface area contributed by atoms with Crippen molar-refractivity contribution in [1.29, 1.82) is 0 Å². The molecule has 0 saturated heterocycles. The average molecular weight is 376 g/mol. The number of aliphatic hydroxyl groups is 1. The van der Waals surface area contributed by atoms with Gasteiger partial charge in [0.05, 0.1) is 19.2 Å². The van der Waals surface area contributed by atoms with Crippen LogP contribution in [0.1, 0.15) is 26.7 Å². The summed E-state index contributed by atoms with van der Waals surface area (Å²) in [6.45, 7) is 4.21. The van der Waals surface area contributed by atoms with Crippen molar-refractivity contribution < 1.29 is 138 Å². The maximum Gasteiger partial charge on any atom is 1.00 e. The Kier molecular flexibility index (Phi) is 29.7. The number of hydrogen-bond acceptors (Lipinski definition) is 10. The van der Waals surface area contributed by atoms with Gasteiger partial charge in [-0.05, 0) is 13.8 Å². The topological polar surface area (TPSA) is 176 Å². The maximum atomic E-state index is 10.2. The van der Waals surface area contributed by atoms with Gasteiger partial charge in [-0.1, -0.05) is 0 Å². The van der Waals surface area contributed by atoms with Crippen LogP contribution in [-0.4, -0.2) is 48.0 Å². The van der Waals surface area contributed by atoms with Crippen molar-refractivity contribution in [3.8, 4) is 0 Å². The van der Waals surface area contributed by atoms with Crippen LogP contribution in [0, 0.1) is 0 Å². The second kappa shape index (κ2) is 20.0. The molecule has 0 heterocycles. The summed E-state index contributed by atoms with van der Waals surface area (Å²) >= 11 is 0. The number of hydrogen-bond donors (Lipinski definition) is 1. The molecular formula is C11H15Na3O10. The summed E-state index contributed by atoms with van der Waals surface area (Å²) in [5.41, 5.74) is -2.97. The Balaban J connectivity index is -0.0000000968. The average Bonchev–Trinajstić information content (AvgIpc) is 2.27. The zero-order valence-electron chi connectivity index (χ0n) is 14.4. The van der Waals surface area contributed by atoms with E-state index in [0.717, 1.165) is 0 Å². The largest absolute Gasteiger partial charge is 1.00 e. The minimum absolute atomic E-state index is 0. The molecular weight excluding hydrogens is 361 g/mol. The van der Waals surface area contributed by atoms with Crippen LogP contribution in [0.3, 0.4) is 0 Å². The Morgan fingerprint density at radius 3 is 1.29 bits per heavy atom. The van der Waals surface area contributed by atoms with Crippen LogP contribution in [0.2, 0.25) is 0 Å². The van der Waals surface area contributed by atoms with Gasteiger partial charge in [0.15, 0.2) is 0 Å². The molecule has 0 unspecified atom stereocenters. The number of rotatable bonds is 7. The van der Waals surface area contributed by atoms with E-state index in [-0.39, 0.29) is 88.7 Å². The normalized spacial score (nSPS) is 8.62. The van der Waals surface area contributed by atoms with E-state index in [9.17, 15) is 34.5 Å². The van der Waals surface area contributed by atoms with Crippen molar-refractivity contribution in [2.24, 2.45) is 0 Å². The molecule has 13 heteroatoms. The zero-order valence-corrected chi connectivity index (χ0v) is 20.4. The third kappa shape index (κ3) is 20.7. The van der Waals surface area contributed by atoms with E-state index >= 15 is 0 Å². The van der Waals surface area contributed by atoms with Gasteiger partial charge in [-0.3, -0.25) is 0 Å². The maximum absolute atomic E-state index is 10.2. The molecule has 0 rings (SSSR count). The van der Waals surface area contributed by atoms with Crippen LogP contribution in [0.15, 0.2) is 0 Å². The molecule has 1 N–H and O–H groups in total. The molecule has 0 bridgehead atoms. The number of carbonyl (C=O) groups is 4. The fourth-order valence-corrected chi connectivity index (χ4v) is 0.962. The summed E-state index contributed by atoms with van der Waals surface area (Å²) in [4.78, 5) is 40.2. The molecule has 0 fully saturated rings. The van der Waals surface area contributed by atoms with Crippen LogP contribution in [-0.2, 0) is 23.9 Å². The number of ether oxygens (including phenoxy) is 2. The molecule has 0 aromatic heterocycles. The summed E-state index contributed by atoms with van der Waals surface area (Å²) in [7, 11) is 0. The molecule has 0 radical (unpaired) electrons. The van der Waals surface area contributed by atoms with E-state index in [2.05, 4.69) is 9.47 Å². The summed E-state index contributed by atoms with van der Waals surface area (Å²) in [6, 6.07) is 0. The standard InChI is InChI=1S/C6H8O7.C5H10O3.3Na/c7-3(8)1-6(13,5(11)12)2-4(9)10;1-3-7-5(6)8-4-2;;;/h13H,1-2H2,(H,7,8)(H,9,10)(H,11,12);3-4H2,1-2H3;;;/q;;3*+1/p-3. The Morgan fingerprint density at radius 2 is 1.12 bits per heavy atom. The van der Waals surface area contributed by atoms with Crippen LogP contribution in [0.5, 0.6) is 0 Å². The first kappa shape index (κ1) is 35.7. The molecule has 0 saturated carbocycles. The van der Waals surface area contributed by atoms with Crippen LogP contribution >= 0.6 is 0 Å². The van der Waals surface area contributed by atoms with Crippen LogP contribution in [0.25, 0.3) is 0 Å². The Bertz CT molecular complexity index is 364. The molecule has 0 spiro atoms. The third-order valence-electron chi connectivity index (χ3n) is 1.78. The predicted molar refractivity (Wildman–Crippen MR) is 57.9 cm³/mol. The van der Waals surface area contributed by atoms with E-state index in [0.29, 0.717) is 13.2 Å². The first-order chi connectivity index (χ1) is 9.58. The number of carbonyl (C=O) groups excluding carboxylic acids is 4. The Morgan fingerprint density at radius 1 is 0.833 bits per heavy atom. The minimum Gasteiger partial charge on any atom is -0.550 e. The van der Waals surface area contributed by atoms with Crippen LogP contribution in [0.4, 0.5) is 4.79 Å². The van der Waals surface area contributed by atoms with Crippen molar-refractivity contribution in [1.82, 2.24) is 0 Å². The van der Waals surface area contributed by atoms with Gasteiger partial charge in [0.2, 0.25) is 0 Å². The summed E-state index contributed by atoms with van der Waals surface area (Å²) in [5.74, 6) is -5.98. The van der Waals surface area contributed by atoms with Gasteiger partial charge in [-0.25, -0.2) is 4.79 Å². The van der Waals surface area contributed by atoms with E-state index in [1.807, 2.05) is 0 Å². The quantitative estimate of drug-likeness (QED) is 0.331. The smallest absolute Gasteiger partial charge is 0.550 e. The fraction of sp³-hybridized carbons (Fsp3) is 0.636. The molecule has 0 atom stereocenters. The van der Waals surface area contributed by atoms with Gasteiger partial charge in [0.25, 0.3) is 0 Å². The number of carboxylic acid groups (broad SMARTS) is 3. The van der Waals surface area contributed by atoms with Crippen molar-refractivity contribution in [3.63, 3.8) is 0 Å². The molecule has 0 aromatic carbocycles. The second-order valence-corrected chi connectivity index (χ2v) is 3.53. The molecule has 24 heavy (non-hydrogen) atoms. The first-order valence-corrected chi connectivity index (χ1v) is 5.72. The Labute approximate surface area is 205 Å². The molecule has 0 amide bonds. The van der Waals surface area contributed by atoms with Gasteiger partial charge >= 0.3 is 94.8 Å². The SMILES string of the molecule is CCOC(=O)OCC.O=C([O-])CC(O)(CC(=O)[O-])C(=O)[O-].[Na+].[Na+].[Na+]. The van der Waals surface area contributed by atoms with Crippen molar-refractivity contribution >= 4 is 24.1 Å². The summed E-state index contributed by atoms with van der Waals surface area (Å²) < 4.78 is 8.84. The van der Waals surface area contributed by atoms with E-state index in [4.69, 9.17) is 5.11 Å². The number of carboxylic acids is 3. The molecule has 122 valence electrons. The summed E-state index contributed by atoms with van der Waals surface area (Å²) in [6.07, 6.45) is -3.30. The predicted octanol–water partition coefficient (Wildman–Crippen LogP) is -13.1. The second-order valence-electron chi connectivity index (χ2n) is 3.53. The fourth-order valence-electron chi connectivity index (χ4n) is 0.962. The van der Waals surface area contributed by atoms with Gasteiger partial charge in [0.1, 0.15) is 5.60 Å². The first-order valence-electron chi connectivity index (χ1n) is 5.72.